The molecule has 84 valence electrons. The molecule has 0 radical (unpaired) electrons. The Bertz CT molecular complexity index is 162. The zero-order chi connectivity index (χ0) is 10.8. The summed E-state index contributed by atoms with van der Waals surface area (Å²) in [5.41, 5.74) is 5.41. The average molecular weight is 203 g/mol. The van der Waals surface area contributed by atoms with E-state index in [1.165, 1.54) is 0 Å². The van der Waals surface area contributed by atoms with Crippen LogP contribution in [0.25, 0.3) is 0 Å². The Morgan fingerprint density at radius 2 is 2.36 bits per heavy atom. The standard InChI is InChI=1S/C9H21N3O2/c1-3-14-6-4-5-11-7-8(2)9(10)12-13/h8,11,13H,3-7H2,1-2H3,(H2,10,12). The van der Waals surface area contributed by atoms with E-state index in [9.17, 15) is 0 Å². The second-order valence-electron chi connectivity index (χ2n) is 3.18. The molecule has 0 spiro atoms. The van der Waals surface area contributed by atoms with E-state index in [0.29, 0.717) is 0 Å². The number of nitrogens with zero attached hydrogens (tertiary/aromatic N) is 1. The Hall–Kier alpha value is -0.810. The molecular formula is C9H21N3O2. The van der Waals surface area contributed by atoms with Crippen LogP contribution in [-0.2, 0) is 4.74 Å². The third-order valence-electron chi connectivity index (χ3n) is 1.92. The van der Waals surface area contributed by atoms with Crippen LogP contribution in [0, 0.1) is 5.92 Å². The first-order valence-corrected chi connectivity index (χ1v) is 4.98. The maximum atomic E-state index is 8.39. The molecule has 0 aliphatic rings. The monoisotopic (exact) mass is 203 g/mol. The van der Waals surface area contributed by atoms with Gasteiger partial charge in [0, 0.05) is 25.7 Å². The Morgan fingerprint density at radius 3 is 2.93 bits per heavy atom. The van der Waals surface area contributed by atoms with Gasteiger partial charge in [0.25, 0.3) is 0 Å². The molecular weight excluding hydrogens is 182 g/mol. The fraction of sp³-hybridized carbons (Fsp3) is 0.889. The summed E-state index contributed by atoms with van der Waals surface area (Å²) < 4.78 is 5.18. The molecule has 0 bridgehead atoms. The maximum Gasteiger partial charge on any atom is 0.143 e. The number of amidine groups is 1. The summed E-state index contributed by atoms with van der Waals surface area (Å²) in [5, 5.41) is 14.5. The molecule has 0 rings (SSSR count). The van der Waals surface area contributed by atoms with Gasteiger partial charge in [0.15, 0.2) is 0 Å². The molecule has 0 aromatic carbocycles. The minimum Gasteiger partial charge on any atom is -0.409 e. The minimum atomic E-state index is 0.0621. The molecule has 1 atom stereocenters. The van der Waals surface area contributed by atoms with E-state index in [4.69, 9.17) is 15.7 Å². The van der Waals surface area contributed by atoms with Gasteiger partial charge in [0.05, 0.1) is 0 Å². The van der Waals surface area contributed by atoms with Crippen molar-refractivity contribution in [3.05, 3.63) is 0 Å². The first kappa shape index (κ1) is 13.2. The van der Waals surface area contributed by atoms with Crippen LogP contribution in [-0.4, -0.2) is 37.3 Å². The Labute approximate surface area is 85.3 Å². The molecule has 0 saturated heterocycles. The highest BCUT2D eigenvalue weighted by atomic mass is 16.5. The molecule has 0 aliphatic heterocycles. The molecule has 0 aliphatic carbocycles. The van der Waals surface area contributed by atoms with Crippen LogP contribution < -0.4 is 11.1 Å². The Kier molecular flexibility index (Phi) is 8.27. The van der Waals surface area contributed by atoms with Gasteiger partial charge in [0.2, 0.25) is 0 Å². The number of hydrogen-bond acceptors (Lipinski definition) is 4. The molecule has 14 heavy (non-hydrogen) atoms. The molecule has 0 fully saturated rings. The van der Waals surface area contributed by atoms with Gasteiger partial charge in [0.1, 0.15) is 5.84 Å². The van der Waals surface area contributed by atoms with Crippen molar-refractivity contribution in [1.82, 2.24) is 5.32 Å². The van der Waals surface area contributed by atoms with E-state index in [0.717, 1.165) is 32.7 Å². The summed E-state index contributed by atoms with van der Waals surface area (Å²) in [7, 11) is 0. The fourth-order valence-corrected chi connectivity index (χ4v) is 0.965. The van der Waals surface area contributed by atoms with Crippen molar-refractivity contribution in [3.63, 3.8) is 0 Å². The predicted molar refractivity (Wildman–Crippen MR) is 56.6 cm³/mol. The lowest BCUT2D eigenvalue weighted by Gasteiger charge is -2.10. The van der Waals surface area contributed by atoms with Crippen molar-refractivity contribution in [2.45, 2.75) is 20.3 Å². The number of nitrogens with two attached hydrogens (primary N) is 1. The molecule has 0 heterocycles. The SMILES string of the molecule is CCOCCCNCC(C)C(N)=NO. The summed E-state index contributed by atoms with van der Waals surface area (Å²) in [6.45, 7) is 7.05. The van der Waals surface area contributed by atoms with Gasteiger partial charge < -0.3 is 21.0 Å². The predicted octanol–water partition coefficient (Wildman–Crippen LogP) is 0.385. The molecule has 0 aromatic heterocycles. The van der Waals surface area contributed by atoms with E-state index in [2.05, 4.69) is 10.5 Å². The number of oxime groups is 1. The summed E-state index contributed by atoms with van der Waals surface area (Å²) >= 11 is 0. The van der Waals surface area contributed by atoms with Crippen LogP contribution in [0.4, 0.5) is 0 Å². The van der Waals surface area contributed by atoms with Gasteiger partial charge in [-0.05, 0) is 19.9 Å². The first-order chi connectivity index (χ1) is 6.72. The van der Waals surface area contributed by atoms with Gasteiger partial charge in [-0.15, -0.1) is 0 Å². The molecule has 4 N–H and O–H groups in total. The highest BCUT2D eigenvalue weighted by molar-refractivity contribution is 5.82. The lowest BCUT2D eigenvalue weighted by Crippen LogP contribution is -2.32. The average Bonchev–Trinajstić information content (AvgIpc) is 2.21. The van der Waals surface area contributed by atoms with E-state index >= 15 is 0 Å². The number of rotatable bonds is 8. The molecule has 0 aromatic rings. The zero-order valence-corrected chi connectivity index (χ0v) is 8.99. The normalized spacial score (nSPS) is 14.3. The Balaban J connectivity index is 3.27. The molecule has 0 amide bonds. The summed E-state index contributed by atoms with van der Waals surface area (Å²) in [5.74, 6) is 0.328. The van der Waals surface area contributed by atoms with Crippen molar-refractivity contribution in [2.24, 2.45) is 16.8 Å². The second kappa shape index (κ2) is 8.77. The lowest BCUT2D eigenvalue weighted by molar-refractivity contribution is 0.144. The molecule has 5 nitrogen and oxygen atoms in total. The minimum absolute atomic E-state index is 0.0621. The third kappa shape index (κ3) is 6.68. The highest BCUT2D eigenvalue weighted by Crippen LogP contribution is 1.91. The van der Waals surface area contributed by atoms with Crippen LogP contribution in [0.1, 0.15) is 20.3 Å². The summed E-state index contributed by atoms with van der Waals surface area (Å²) in [6.07, 6.45) is 0.983. The topological polar surface area (TPSA) is 79.9 Å². The van der Waals surface area contributed by atoms with Crippen LogP contribution in [0.3, 0.4) is 0 Å². The Morgan fingerprint density at radius 1 is 1.64 bits per heavy atom. The number of nitrogens with one attached hydrogen (secondary N) is 1. The van der Waals surface area contributed by atoms with Gasteiger partial charge >= 0.3 is 0 Å². The highest BCUT2D eigenvalue weighted by Gasteiger charge is 2.05. The van der Waals surface area contributed by atoms with Crippen molar-refractivity contribution < 1.29 is 9.94 Å². The quantitative estimate of drug-likeness (QED) is 0.175. The van der Waals surface area contributed by atoms with Crippen LogP contribution in [0.5, 0.6) is 0 Å². The van der Waals surface area contributed by atoms with E-state index in [1.807, 2.05) is 13.8 Å². The van der Waals surface area contributed by atoms with Crippen LogP contribution >= 0.6 is 0 Å². The van der Waals surface area contributed by atoms with Crippen molar-refractivity contribution in [1.29, 1.82) is 0 Å². The van der Waals surface area contributed by atoms with Crippen LogP contribution in [0.15, 0.2) is 5.16 Å². The largest absolute Gasteiger partial charge is 0.409 e. The van der Waals surface area contributed by atoms with E-state index in [1.54, 1.807) is 0 Å². The smallest absolute Gasteiger partial charge is 0.143 e. The van der Waals surface area contributed by atoms with Crippen molar-refractivity contribution in [2.75, 3.05) is 26.3 Å². The number of hydrogen-bond donors (Lipinski definition) is 3. The molecule has 5 heteroatoms. The van der Waals surface area contributed by atoms with Crippen molar-refractivity contribution in [3.8, 4) is 0 Å². The van der Waals surface area contributed by atoms with Gasteiger partial charge in [-0.2, -0.15) is 0 Å². The van der Waals surface area contributed by atoms with E-state index in [-0.39, 0.29) is 11.8 Å². The zero-order valence-electron chi connectivity index (χ0n) is 8.99. The van der Waals surface area contributed by atoms with Gasteiger partial charge in [-0.1, -0.05) is 12.1 Å². The third-order valence-corrected chi connectivity index (χ3v) is 1.92. The second-order valence-corrected chi connectivity index (χ2v) is 3.18. The fourth-order valence-electron chi connectivity index (χ4n) is 0.965. The lowest BCUT2D eigenvalue weighted by atomic mass is 10.1. The molecule has 1 unspecified atom stereocenters. The number of ether oxygens (including phenoxy) is 1. The van der Waals surface area contributed by atoms with E-state index < -0.39 is 0 Å². The summed E-state index contributed by atoms with van der Waals surface area (Å²) in [6, 6.07) is 0. The van der Waals surface area contributed by atoms with Crippen LogP contribution in [0.2, 0.25) is 0 Å². The maximum absolute atomic E-state index is 8.39. The van der Waals surface area contributed by atoms with Gasteiger partial charge in [-0.3, -0.25) is 0 Å². The molecule has 0 saturated carbocycles. The summed E-state index contributed by atoms with van der Waals surface area (Å²) in [4.78, 5) is 0. The van der Waals surface area contributed by atoms with Crippen molar-refractivity contribution >= 4 is 5.84 Å². The first-order valence-electron chi connectivity index (χ1n) is 4.98. The van der Waals surface area contributed by atoms with Gasteiger partial charge in [-0.25, -0.2) is 0 Å².